The molecule has 0 saturated carbocycles. The van der Waals surface area contributed by atoms with Crippen molar-refractivity contribution in [3.8, 4) is 5.75 Å². The summed E-state index contributed by atoms with van der Waals surface area (Å²) < 4.78 is 11.2. The van der Waals surface area contributed by atoms with Crippen LogP contribution >= 0.6 is 0 Å². The van der Waals surface area contributed by atoms with Gasteiger partial charge in [-0.05, 0) is 51.3 Å². The van der Waals surface area contributed by atoms with Crippen LogP contribution in [0.15, 0.2) is 35.0 Å². The first-order valence-electron chi connectivity index (χ1n) is 10.5. The first kappa shape index (κ1) is 20.2. The molecule has 158 valence electrons. The predicted octanol–water partition coefficient (Wildman–Crippen LogP) is 3.77. The summed E-state index contributed by atoms with van der Waals surface area (Å²) in [5.74, 6) is 2.57. The topological polar surface area (TPSA) is 80.5 Å². The van der Waals surface area contributed by atoms with Gasteiger partial charge in [-0.2, -0.15) is 0 Å². The van der Waals surface area contributed by atoms with Crippen molar-refractivity contribution >= 4 is 22.8 Å². The number of nitrogens with zero attached hydrogens (tertiary/aromatic N) is 3. The Morgan fingerprint density at radius 2 is 2.07 bits per heavy atom. The number of carbonyl (C=O) groups is 1. The molecule has 0 bridgehead atoms. The Kier molecular flexibility index (Phi) is 5.88. The predicted molar refractivity (Wildman–Crippen MR) is 116 cm³/mol. The quantitative estimate of drug-likeness (QED) is 0.669. The Balaban J connectivity index is 1.42. The van der Waals surface area contributed by atoms with Gasteiger partial charge < -0.3 is 19.4 Å². The standard InChI is InChI=1S/C23H28N4O3/c1-4-29-19-9-7-17(8-10-19)12-24-22(28)18-6-5-11-27(13-18)21-20-15(2)16(3)30-23(20)26-14-25-21/h7-10,14,18H,4-6,11-13H2,1-3H3,(H,24,28)/t18-/m1/s1. The molecular weight excluding hydrogens is 380 g/mol. The molecule has 3 heterocycles. The second-order valence-electron chi connectivity index (χ2n) is 7.74. The van der Waals surface area contributed by atoms with Gasteiger partial charge in [-0.1, -0.05) is 12.1 Å². The zero-order valence-electron chi connectivity index (χ0n) is 17.8. The number of hydrogen-bond donors (Lipinski definition) is 1. The van der Waals surface area contributed by atoms with Crippen molar-refractivity contribution in [3.05, 3.63) is 47.5 Å². The van der Waals surface area contributed by atoms with E-state index in [4.69, 9.17) is 9.15 Å². The molecule has 0 spiro atoms. The fraction of sp³-hybridized carbons (Fsp3) is 0.435. The molecule has 1 fully saturated rings. The first-order chi connectivity index (χ1) is 14.6. The van der Waals surface area contributed by atoms with Crippen LogP contribution < -0.4 is 15.0 Å². The Labute approximate surface area is 176 Å². The summed E-state index contributed by atoms with van der Waals surface area (Å²) in [6, 6.07) is 7.84. The van der Waals surface area contributed by atoms with Crippen LogP contribution in [-0.2, 0) is 11.3 Å². The van der Waals surface area contributed by atoms with Crippen molar-refractivity contribution in [2.75, 3.05) is 24.6 Å². The molecule has 7 heteroatoms. The number of piperidine rings is 1. The van der Waals surface area contributed by atoms with Crippen LogP contribution in [0.3, 0.4) is 0 Å². The summed E-state index contributed by atoms with van der Waals surface area (Å²) in [7, 11) is 0. The average Bonchev–Trinajstić information content (AvgIpc) is 3.07. The summed E-state index contributed by atoms with van der Waals surface area (Å²) in [4.78, 5) is 23.8. The highest BCUT2D eigenvalue weighted by Gasteiger charge is 2.28. The third-order valence-electron chi connectivity index (χ3n) is 5.74. The number of hydrogen-bond acceptors (Lipinski definition) is 6. The summed E-state index contributed by atoms with van der Waals surface area (Å²) >= 11 is 0. The number of aryl methyl sites for hydroxylation is 2. The molecule has 1 aliphatic heterocycles. The Bertz CT molecular complexity index is 1030. The zero-order valence-corrected chi connectivity index (χ0v) is 17.8. The van der Waals surface area contributed by atoms with E-state index in [9.17, 15) is 4.79 Å². The molecule has 0 radical (unpaired) electrons. The minimum Gasteiger partial charge on any atom is -0.494 e. The van der Waals surface area contributed by atoms with E-state index in [1.807, 2.05) is 45.0 Å². The highest BCUT2D eigenvalue weighted by molar-refractivity contribution is 5.90. The van der Waals surface area contributed by atoms with Crippen molar-refractivity contribution in [2.45, 2.75) is 40.2 Å². The lowest BCUT2D eigenvalue weighted by Crippen LogP contribution is -2.43. The summed E-state index contributed by atoms with van der Waals surface area (Å²) in [5.41, 5.74) is 2.72. The summed E-state index contributed by atoms with van der Waals surface area (Å²) in [5, 5.41) is 4.04. The van der Waals surface area contributed by atoms with Crippen LogP contribution in [0.25, 0.3) is 11.1 Å². The molecule has 1 aromatic carbocycles. The maximum Gasteiger partial charge on any atom is 0.231 e. The van der Waals surface area contributed by atoms with E-state index in [1.54, 1.807) is 0 Å². The first-order valence-corrected chi connectivity index (χ1v) is 10.5. The van der Waals surface area contributed by atoms with Crippen LogP contribution in [0.2, 0.25) is 0 Å². The molecule has 7 nitrogen and oxygen atoms in total. The van der Waals surface area contributed by atoms with E-state index in [-0.39, 0.29) is 11.8 Å². The number of aromatic nitrogens is 2. The van der Waals surface area contributed by atoms with Crippen LogP contribution in [0.4, 0.5) is 5.82 Å². The highest BCUT2D eigenvalue weighted by Crippen LogP contribution is 2.32. The molecule has 30 heavy (non-hydrogen) atoms. The number of fused-ring (bicyclic) bond motifs is 1. The van der Waals surface area contributed by atoms with Crippen molar-refractivity contribution < 1.29 is 13.9 Å². The van der Waals surface area contributed by atoms with Gasteiger partial charge in [0, 0.05) is 25.2 Å². The zero-order chi connectivity index (χ0) is 21.1. The number of nitrogens with one attached hydrogen (secondary N) is 1. The lowest BCUT2D eigenvalue weighted by atomic mass is 9.96. The second kappa shape index (κ2) is 8.73. The van der Waals surface area contributed by atoms with Crippen LogP contribution in [0.1, 0.15) is 36.7 Å². The maximum absolute atomic E-state index is 12.8. The average molecular weight is 409 g/mol. The molecule has 0 unspecified atom stereocenters. The monoisotopic (exact) mass is 408 g/mol. The van der Waals surface area contributed by atoms with Gasteiger partial charge in [0.15, 0.2) is 0 Å². The molecule has 4 rings (SSSR count). The van der Waals surface area contributed by atoms with Gasteiger partial charge in [-0.25, -0.2) is 9.97 Å². The van der Waals surface area contributed by atoms with E-state index >= 15 is 0 Å². The van der Waals surface area contributed by atoms with Crippen molar-refractivity contribution in [2.24, 2.45) is 5.92 Å². The largest absolute Gasteiger partial charge is 0.494 e. The van der Waals surface area contributed by atoms with Crippen molar-refractivity contribution in [1.82, 2.24) is 15.3 Å². The Morgan fingerprint density at radius 1 is 1.27 bits per heavy atom. The number of amides is 1. The lowest BCUT2D eigenvalue weighted by molar-refractivity contribution is -0.125. The van der Waals surface area contributed by atoms with Crippen molar-refractivity contribution in [1.29, 1.82) is 0 Å². The number of anilines is 1. The van der Waals surface area contributed by atoms with E-state index in [0.717, 1.165) is 53.2 Å². The van der Waals surface area contributed by atoms with Gasteiger partial charge in [-0.15, -0.1) is 0 Å². The van der Waals surface area contributed by atoms with Gasteiger partial charge in [0.05, 0.1) is 17.9 Å². The molecule has 2 aromatic heterocycles. The number of benzene rings is 1. The number of ether oxygens (including phenoxy) is 1. The maximum atomic E-state index is 12.8. The van der Waals surface area contributed by atoms with Gasteiger partial charge >= 0.3 is 0 Å². The van der Waals surface area contributed by atoms with Crippen molar-refractivity contribution in [3.63, 3.8) is 0 Å². The fourth-order valence-corrected chi connectivity index (χ4v) is 3.99. The molecule has 1 amide bonds. The lowest BCUT2D eigenvalue weighted by Gasteiger charge is -2.33. The van der Waals surface area contributed by atoms with Crippen LogP contribution in [-0.4, -0.2) is 35.6 Å². The highest BCUT2D eigenvalue weighted by atomic mass is 16.5. The normalized spacial score (nSPS) is 16.6. The van der Waals surface area contributed by atoms with Gasteiger partial charge in [0.25, 0.3) is 0 Å². The fourth-order valence-electron chi connectivity index (χ4n) is 3.99. The van der Waals surface area contributed by atoms with Crippen LogP contribution in [0.5, 0.6) is 5.75 Å². The van der Waals surface area contributed by atoms with E-state index in [1.165, 1.54) is 6.33 Å². The summed E-state index contributed by atoms with van der Waals surface area (Å²) in [6.07, 6.45) is 3.36. The molecular formula is C23H28N4O3. The van der Waals surface area contributed by atoms with E-state index in [2.05, 4.69) is 20.2 Å². The van der Waals surface area contributed by atoms with Gasteiger partial charge in [-0.3, -0.25) is 4.79 Å². The second-order valence-corrected chi connectivity index (χ2v) is 7.74. The van der Waals surface area contributed by atoms with Gasteiger partial charge in [0.2, 0.25) is 11.6 Å². The van der Waals surface area contributed by atoms with Gasteiger partial charge in [0.1, 0.15) is 23.7 Å². The smallest absolute Gasteiger partial charge is 0.231 e. The Morgan fingerprint density at radius 3 is 2.83 bits per heavy atom. The molecule has 3 aromatic rings. The minimum absolute atomic E-state index is 0.0697. The summed E-state index contributed by atoms with van der Waals surface area (Å²) in [6.45, 7) is 8.60. The molecule has 1 atom stereocenters. The Hall–Kier alpha value is -3.09. The third-order valence-corrected chi connectivity index (χ3v) is 5.74. The third kappa shape index (κ3) is 4.10. The molecule has 0 aliphatic carbocycles. The number of rotatable bonds is 6. The number of carbonyl (C=O) groups excluding carboxylic acids is 1. The number of furan rings is 1. The minimum atomic E-state index is -0.0697. The molecule has 1 aliphatic rings. The SMILES string of the molecule is CCOc1ccc(CNC(=O)[C@@H]2CCCN(c3ncnc4oc(C)c(C)c34)C2)cc1. The molecule has 1 saturated heterocycles. The van der Waals surface area contributed by atoms with Crippen LogP contribution in [0, 0.1) is 19.8 Å². The van der Waals surface area contributed by atoms with E-state index in [0.29, 0.717) is 25.4 Å². The molecule has 1 N–H and O–H groups in total. The van der Waals surface area contributed by atoms with E-state index < -0.39 is 0 Å².